The quantitative estimate of drug-likeness (QED) is 0.323. The van der Waals surface area contributed by atoms with Gasteiger partial charge in [0.1, 0.15) is 23.5 Å². The molecule has 0 aliphatic carbocycles. The smallest absolute Gasteiger partial charge is 0.246 e. The van der Waals surface area contributed by atoms with Gasteiger partial charge in [0.05, 0.1) is 11.4 Å². The molecule has 0 radical (unpaired) electrons. The molecule has 2 atom stereocenters. The van der Waals surface area contributed by atoms with Crippen LogP contribution >= 0.6 is 40.4 Å². The third-order valence-electron chi connectivity index (χ3n) is 6.55. The largest absolute Gasteiger partial charge is 0.302 e. The second-order valence-corrected chi connectivity index (χ2v) is 10.6. The Morgan fingerprint density at radius 1 is 0.650 bits per heavy atom. The lowest BCUT2D eigenvalue weighted by molar-refractivity contribution is -0.139. The van der Waals surface area contributed by atoms with Gasteiger partial charge in [-0.15, -0.1) is 0 Å². The van der Waals surface area contributed by atoms with Crippen LogP contribution in [0.15, 0.2) is 77.3 Å². The number of hydrogen-bond acceptors (Lipinski definition) is 6. The lowest BCUT2D eigenvalue weighted by atomic mass is 9.73. The van der Waals surface area contributed by atoms with Crippen LogP contribution < -0.4 is 20.4 Å². The first-order chi connectivity index (χ1) is 19.1. The summed E-state index contributed by atoms with van der Waals surface area (Å²) in [6.45, 7) is 0. The van der Waals surface area contributed by atoms with Gasteiger partial charge in [-0.05, 0) is 90.7 Å². The Bertz CT molecular complexity index is 1470. The molecule has 0 aromatic heterocycles. The number of carbonyl (C=O) groups excluding carboxylic acids is 4. The van der Waals surface area contributed by atoms with Crippen LogP contribution in [0.5, 0.6) is 0 Å². The minimum Gasteiger partial charge on any atom is -0.302 e. The minimum absolute atomic E-state index is 0.185. The standard InChI is InChI=1S/C27H17BrF2N4O4S2/c28-14-3-1-13(2-4-14)19(20-22(35)31-26(39)33(24(20)37)17-9-5-15(29)6-10-17)21-23(36)32-27(40)34(25(21)38)18-11-7-16(30)8-12-18/h1-12,19-21H,(H,31,35,39)(H,32,36,40)/t20-,21-/m0/s1. The van der Waals surface area contributed by atoms with Crippen molar-refractivity contribution in [3.63, 3.8) is 0 Å². The molecule has 0 bridgehead atoms. The number of anilines is 2. The number of thiocarbonyl (C=S) groups is 2. The van der Waals surface area contributed by atoms with Gasteiger partial charge in [-0.3, -0.25) is 29.0 Å². The highest BCUT2D eigenvalue weighted by molar-refractivity contribution is 9.10. The second-order valence-electron chi connectivity index (χ2n) is 8.92. The molecular weight excluding hydrogens is 626 g/mol. The molecule has 2 aliphatic heterocycles. The predicted molar refractivity (Wildman–Crippen MR) is 153 cm³/mol. The molecule has 3 aromatic rings. The average molecular weight is 643 g/mol. The number of nitrogens with zero attached hydrogens (tertiary/aromatic N) is 2. The molecule has 0 spiro atoms. The fraction of sp³-hybridized carbons (Fsp3) is 0.111. The molecule has 202 valence electrons. The van der Waals surface area contributed by atoms with E-state index in [4.69, 9.17) is 24.4 Å². The topological polar surface area (TPSA) is 98.8 Å². The Hall–Kier alpha value is -3.94. The summed E-state index contributed by atoms with van der Waals surface area (Å²) >= 11 is 13.8. The van der Waals surface area contributed by atoms with Gasteiger partial charge in [-0.25, -0.2) is 8.78 Å². The van der Waals surface area contributed by atoms with Crippen molar-refractivity contribution in [2.24, 2.45) is 11.8 Å². The summed E-state index contributed by atoms with van der Waals surface area (Å²) in [5, 5.41) is 4.49. The van der Waals surface area contributed by atoms with E-state index in [9.17, 15) is 28.0 Å². The summed E-state index contributed by atoms with van der Waals surface area (Å²) in [5.41, 5.74) is 0.706. The molecule has 0 saturated carbocycles. The summed E-state index contributed by atoms with van der Waals surface area (Å²) < 4.78 is 27.9. The molecule has 4 amide bonds. The van der Waals surface area contributed by atoms with Gasteiger partial charge in [0.15, 0.2) is 10.2 Å². The van der Waals surface area contributed by atoms with Crippen molar-refractivity contribution in [3.05, 3.63) is 94.5 Å². The van der Waals surface area contributed by atoms with Crippen molar-refractivity contribution in [1.29, 1.82) is 0 Å². The average Bonchev–Trinajstić information content (AvgIpc) is 2.90. The third kappa shape index (κ3) is 5.03. The summed E-state index contributed by atoms with van der Waals surface area (Å²) in [6.07, 6.45) is 0. The number of benzene rings is 3. The number of rotatable bonds is 5. The third-order valence-corrected chi connectivity index (χ3v) is 7.64. The zero-order valence-corrected chi connectivity index (χ0v) is 23.4. The number of carbonyl (C=O) groups is 4. The summed E-state index contributed by atoms with van der Waals surface area (Å²) in [5.74, 6) is -8.86. The first-order valence-electron chi connectivity index (χ1n) is 11.7. The minimum atomic E-state index is -1.60. The Labute approximate surface area is 245 Å². The number of hydrogen-bond donors (Lipinski definition) is 2. The maximum atomic E-state index is 14.0. The van der Waals surface area contributed by atoms with Crippen LogP contribution in [0.4, 0.5) is 20.2 Å². The maximum Gasteiger partial charge on any atom is 0.246 e. The zero-order valence-electron chi connectivity index (χ0n) is 20.1. The molecule has 2 fully saturated rings. The van der Waals surface area contributed by atoms with Crippen LogP contribution in [0, 0.1) is 23.5 Å². The Morgan fingerprint density at radius 2 is 1.02 bits per heavy atom. The maximum absolute atomic E-state index is 14.0. The Balaban J connectivity index is 1.63. The molecule has 2 heterocycles. The van der Waals surface area contributed by atoms with Gasteiger partial charge in [0.25, 0.3) is 0 Å². The first-order valence-corrected chi connectivity index (χ1v) is 13.3. The van der Waals surface area contributed by atoms with Crippen molar-refractivity contribution in [2.75, 3.05) is 9.80 Å². The van der Waals surface area contributed by atoms with Crippen molar-refractivity contribution >= 4 is 85.6 Å². The van der Waals surface area contributed by atoms with E-state index in [1.165, 1.54) is 24.3 Å². The Kier molecular flexibility index (Phi) is 7.53. The predicted octanol–water partition coefficient (Wildman–Crippen LogP) is 3.94. The van der Waals surface area contributed by atoms with Gasteiger partial charge in [-0.2, -0.15) is 0 Å². The van der Waals surface area contributed by atoms with Gasteiger partial charge in [0.2, 0.25) is 23.6 Å². The fourth-order valence-corrected chi connectivity index (χ4v) is 5.60. The molecule has 2 saturated heterocycles. The monoisotopic (exact) mass is 642 g/mol. The van der Waals surface area contributed by atoms with Crippen molar-refractivity contribution < 1.29 is 28.0 Å². The highest BCUT2D eigenvalue weighted by atomic mass is 79.9. The van der Waals surface area contributed by atoms with Crippen LogP contribution in [-0.2, 0) is 19.2 Å². The number of nitrogens with one attached hydrogen (secondary N) is 2. The second kappa shape index (κ2) is 10.9. The molecule has 13 heteroatoms. The van der Waals surface area contributed by atoms with Gasteiger partial charge in [0, 0.05) is 10.4 Å². The van der Waals surface area contributed by atoms with E-state index in [2.05, 4.69) is 26.6 Å². The van der Waals surface area contributed by atoms with Crippen molar-refractivity contribution in [3.8, 4) is 0 Å². The van der Waals surface area contributed by atoms with E-state index in [1.807, 2.05) is 0 Å². The van der Waals surface area contributed by atoms with Crippen molar-refractivity contribution in [2.45, 2.75) is 5.92 Å². The van der Waals surface area contributed by atoms with E-state index in [1.54, 1.807) is 24.3 Å². The molecule has 8 nitrogen and oxygen atoms in total. The Morgan fingerprint density at radius 3 is 1.40 bits per heavy atom. The molecular formula is C27H17BrF2N4O4S2. The summed E-state index contributed by atoms with van der Waals surface area (Å²) in [7, 11) is 0. The van der Waals surface area contributed by atoms with Crippen LogP contribution in [0.25, 0.3) is 0 Å². The fourth-order valence-electron chi connectivity index (χ4n) is 4.75. The van der Waals surface area contributed by atoms with Crippen LogP contribution in [0.2, 0.25) is 0 Å². The van der Waals surface area contributed by atoms with Crippen LogP contribution in [0.1, 0.15) is 11.5 Å². The molecule has 5 rings (SSSR count). The van der Waals surface area contributed by atoms with Gasteiger partial charge < -0.3 is 10.6 Å². The summed E-state index contributed by atoms with van der Waals surface area (Å²) in [6, 6.07) is 16.2. The first kappa shape index (κ1) is 27.6. The molecule has 3 aromatic carbocycles. The normalized spacial score (nSPS) is 19.7. The number of halogens is 3. The SMILES string of the molecule is O=C1NC(=S)N(c2ccc(F)cc2)C(=O)[C@H]1C(c1ccc(Br)cc1)[C@H]1C(=O)NC(=S)N(c2ccc(F)cc2)C1=O. The van der Waals surface area contributed by atoms with Gasteiger partial charge in [-0.1, -0.05) is 28.1 Å². The van der Waals surface area contributed by atoms with E-state index < -0.39 is 53.0 Å². The summed E-state index contributed by atoms with van der Waals surface area (Å²) in [4.78, 5) is 56.8. The lowest BCUT2D eigenvalue weighted by Crippen LogP contribution is -2.64. The van der Waals surface area contributed by atoms with Crippen LogP contribution in [0.3, 0.4) is 0 Å². The number of amides is 4. The lowest BCUT2D eigenvalue weighted by Gasteiger charge is -2.41. The van der Waals surface area contributed by atoms with E-state index in [0.29, 0.717) is 10.0 Å². The zero-order chi connectivity index (χ0) is 28.7. The van der Waals surface area contributed by atoms with Crippen molar-refractivity contribution in [1.82, 2.24) is 10.6 Å². The van der Waals surface area contributed by atoms with Gasteiger partial charge >= 0.3 is 0 Å². The van der Waals surface area contributed by atoms with E-state index in [-0.39, 0.29) is 21.6 Å². The molecule has 2 aliphatic rings. The highest BCUT2D eigenvalue weighted by Crippen LogP contribution is 2.40. The van der Waals surface area contributed by atoms with Crippen LogP contribution in [-0.4, -0.2) is 33.9 Å². The molecule has 40 heavy (non-hydrogen) atoms. The van der Waals surface area contributed by atoms with E-state index >= 15 is 0 Å². The molecule has 2 N–H and O–H groups in total. The highest BCUT2D eigenvalue weighted by Gasteiger charge is 2.53. The molecule has 0 unspecified atom stereocenters. The van der Waals surface area contributed by atoms with E-state index in [0.717, 1.165) is 34.1 Å².